The third-order valence-electron chi connectivity index (χ3n) is 4.60. The lowest BCUT2D eigenvalue weighted by molar-refractivity contribution is 0.718. The number of aromatic nitrogens is 1. The average Bonchev–Trinajstić information content (AvgIpc) is 3.01. The lowest BCUT2D eigenvalue weighted by Crippen LogP contribution is -2.19. The predicted molar refractivity (Wildman–Crippen MR) is 106 cm³/mol. The normalized spacial score (nSPS) is 12.4. The number of rotatable bonds is 4. The van der Waals surface area contributed by atoms with Crippen LogP contribution in [0.3, 0.4) is 0 Å². The summed E-state index contributed by atoms with van der Waals surface area (Å²) in [5.41, 5.74) is 13.6. The Labute approximate surface area is 148 Å². The molecule has 1 unspecified atom stereocenters. The van der Waals surface area contributed by atoms with Crippen molar-refractivity contribution in [1.82, 2.24) is 4.40 Å². The molecule has 0 spiro atoms. The quantitative estimate of drug-likeness (QED) is 0.551. The molecule has 0 amide bonds. The molecule has 25 heavy (non-hydrogen) atoms. The van der Waals surface area contributed by atoms with Gasteiger partial charge in [-0.2, -0.15) is 0 Å². The van der Waals surface area contributed by atoms with Crippen molar-refractivity contribution in [2.75, 3.05) is 0 Å². The van der Waals surface area contributed by atoms with Crippen molar-refractivity contribution in [1.29, 1.82) is 0 Å². The van der Waals surface area contributed by atoms with Gasteiger partial charge in [0.2, 0.25) is 0 Å². The monoisotopic (exact) mass is 326 g/mol. The molecule has 124 valence electrons. The number of hydrogen-bond donors (Lipinski definition) is 1. The molecule has 2 heterocycles. The lowest BCUT2D eigenvalue weighted by Gasteiger charge is -2.10. The number of nitrogens with zero attached hydrogens (tertiary/aromatic N) is 1. The van der Waals surface area contributed by atoms with Gasteiger partial charge in [0.15, 0.2) is 0 Å². The summed E-state index contributed by atoms with van der Waals surface area (Å²) >= 11 is 0. The van der Waals surface area contributed by atoms with Crippen LogP contribution < -0.4 is 5.73 Å². The van der Waals surface area contributed by atoms with Crippen LogP contribution in [0, 0.1) is 0 Å². The van der Waals surface area contributed by atoms with Crippen LogP contribution in [0.25, 0.3) is 27.8 Å². The van der Waals surface area contributed by atoms with Crippen molar-refractivity contribution in [2.45, 2.75) is 19.4 Å². The van der Waals surface area contributed by atoms with E-state index in [9.17, 15) is 0 Å². The molecule has 2 aromatic carbocycles. The van der Waals surface area contributed by atoms with Crippen molar-refractivity contribution in [3.63, 3.8) is 0 Å². The van der Waals surface area contributed by atoms with Crippen molar-refractivity contribution >= 4 is 5.52 Å². The first-order valence-electron chi connectivity index (χ1n) is 8.73. The zero-order chi connectivity index (χ0) is 17.2. The van der Waals surface area contributed by atoms with Gasteiger partial charge in [0.05, 0.1) is 0 Å². The maximum Gasteiger partial charge on any atom is 0.0459 e. The van der Waals surface area contributed by atoms with Gasteiger partial charge in [-0.3, -0.25) is 0 Å². The van der Waals surface area contributed by atoms with Gasteiger partial charge in [-0.05, 0) is 41.8 Å². The highest BCUT2D eigenvalue weighted by molar-refractivity contribution is 5.76. The van der Waals surface area contributed by atoms with Crippen LogP contribution in [-0.4, -0.2) is 10.4 Å². The molecule has 0 radical (unpaired) electrons. The van der Waals surface area contributed by atoms with Crippen LogP contribution in [0.15, 0.2) is 85.1 Å². The van der Waals surface area contributed by atoms with Crippen molar-refractivity contribution in [2.24, 2.45) is 5.73 Å². The van der Waals surface area contributed by atoms with Crippen LogP contribution >= 0.6 is 0 Å². The Morgan fingerprint density at radius 1 is 0.800 bits per heavy atom. The molecule has 2 N–H and O–H groups in total. The van der Waals surface area contributed by atoms with Gasteiger partial charge in [-0.1, -0.05) is 60.7 Å². The Kier molecular flexibility index (Phi) is 4.12. The number of fused-ring (bicyclic) bond motifs is 1. The van der Waals surface area contributed by atoms with Crippen LogP contribution in [0.2, 0.25) is 0 Å². The second-order valence-corrected chi connectivity index (χ2v) is 6.62. The number of benzene rings is 2. The first-order valence-corrected chi connectivity index (χ1v) is 8.73. The fourth-order valence-corrected chi connectivity index (χ4v) is 3.42. The molecule has 0 saturated carbocycles. The van der Waals surface area contributed by atoms with Crippen LogP contribution in [0.4, 0.5) is 0 Å². The molecular formula is C23H22N2. The molecule has 2 nitrogen and oxygen atoms in total. The molecule has 1 atom stereocenters. The Balaban J connectivity index is 1.79. The van der Waals surface area contributed by atoms with Crippen molar-refractivity contribution < 1.29 is 0 Å². The fourth-order valence-electron chi connectivity index (χ4n) is 3.42. The molecule has 0 aliphatic carbocycles. The van der Waals surface area contributed by atoms with E-state index in [1.54, 1.807) is 0 Å². The van der Waals surface area contributed by atoms with E-state index < -0.39 is 0 Å². The Morgan fingerprint density at radius 2 is 1.44 bits per heavy atom. The summed E-state index contributed by atoms with van der Waals surface area (Å²) < 4.78 is 2.25. The number of nitrogens with two attached hydrogens (primary N) is 1. The summed E-state index contributed by atoms with van der Waals surface area (Å²) in [5, 5.41) is 0. The van der Waals surface area contributed by atoms with E-state index in [2.05, 4.69) is 90.3 Å². The molecular weight excluding hydrogens is 304 g/mol. The van der Waals surface area contributed by atoms with Gasteiger partial charge in [-0.25, -0.2) is 0 Å². The van der Waals surface area contributed by atoms with Gasteiger partial charge < -0.3 is 10.1 Å². The zero-order valence-electron chi connectivity index (χ0n) is 14.4. The molecule has 0 bridgehead atoms. The molecule has 0 fully saturated rings. The van der Waals surface area contributed by atoms with Crippen LogP contribution in [0.1, 0.15) is 12.6 Å². The number of pyridine rings is 1. The SMILES string of the molecule is CC(N)Cc1c(-c2ccc(-c3ccccc3)cc2)cc2ccccn12. The Hall–Kier alpha value is -2.84. The maximum absolute atomic E-state index is 6.11. The predicted octanol–water partition coefficient (Wildman–Crippen LogP) is 5.16. The summed E-state index contributed by atoms with van der Waals surface area (Å²) in [5.74, 6) is 0. The van der Waals surface area contributed by atoms with Crippen LogP contribution in [-0.2, 0) is 6.42 Å². The minimum atomic E-state index is 0.126. The van der Waals surface area contributed by atoms with E-state index >= 15 is 0 Å². The van der Waals surface area contributed by atoms with E-state index in [0.717, 1.165) is 6.42 Å². The van der Waals surface area contributed by atoms with Gasteiger partial charge in [0.25, 0.3) is 0 Å². The smallest absolute Gasteiger partial charge is 0.0459 e. The first kappa shape index (κ1) is 15.7. The number of hydrogen-bond acceptors (Lipinski definition) is 1. The topological polar surface area (TPSA) is 30.4 Å². The fraction of sp³-hybridized carbons (Fsp3) is 0.130. The molecule has 2 heteroatoms. The molecule has 4 aromatic rings. The summed E-state index contributed by atoms with van der Waals surface area (Å²) in [6.45, 7) is 2.06. The minimum absolute atomic E-state index is 0.126. The van der Waals surface area contributed by atoms with Crippen molar-refractivity contribution in [3.8, 4) is 22.3 Å². The molecule has 4 rings (SSSR count). The lowest BCUT2D eigenvalue weighted by atomic mass is 9.99. The summed E-state index contributed by atoms with van der Waals surface area (Å²) in [7, 11) is 0. The first-order chi connectivity index (χ1) is 12.2. The average molecular weight is 326 g/mol. The highest BCUT2D eigenvalue weighted by Crippen LogP contribution is 2.30. The second kappa shape index (κ2) is 6.58. The summed E-state index contributed by atoms with van der Waals surface area (Å²) in [4.78, 5) is 0. The second-order valence-electron chi connectivity index (χ2n) is 6.62. The van der Waals surface area contributed by atoms with Gasteiger partial charge in [0, 0.05) is 35.4 Å². The third-order valence-corrected chi connectivity index (χ3v) is 4.60. The van der Waals surface area contributed by atoms with Gasteiger partial charge in [-0.15, -0.1) is 0 Å². The molecule has 0 aliphatic heterocycles. The summed E-state index contributed by atoms with van der Waals surface area (Å²) in [6.07, 6.45) is 2.98. The Bertz CT molecular complexity index is 980. The van der Waals surface area contributed by atoms with Gasteiger partial charge in [0.1, 0.15) is 0 Å². The van der Waals surface area contributed by atoms with E-state index in [-0.39, 0.29) is 6.04 Å². The van der Waals surface area contributed by atoms with Crippen molar-refractivity contribution in [3.05, 3.63) is 90.8 Å². The van der Waals surface area contributed by atoms with E-state index in [1.807, 2.05) is 6.07 Å². The van der Waals surface area contributed by atoms with Crippen LogP contribution in [0.5, 0.6) is 0 Å². The maximum atomic E-state index is 6.11. The highest BCUT2D eigenvalue weighted by atomic mass is 14.9. The summed E-state index contributed by atoms with van der Waals surface area (Å²) in [6, 6.07) is 28.0. The zero-order valence-corrected chi connectivity index (χ0v) is 14.4. The standard InChI is InChI=1S/C23H22N2/c1-17(24)15-23-22(16-21-9-5-6-14-25(21)23)20-12-10-19(11-13-20)18-7-3-2-4-8-18/h2-14,16-17H,15,24H2,1H3. The highest BCUT2D eigenvalue weighted by Gasteiger charge is 2.13. The largest absolute Gasteiger partial charge is 0.328 e. The Morgan fingerprint density at radius 3 is 2.16 bits per heavy atom. The minimum Gasteiger partial charge on any atom is -0.328 e. The van der Waals surface area contributed by atoms with E-state index in [4.69, 9.17) is 5.73 Å². The molecule has 2 aromatic heterocycles. The van der Waals surface area contributed by atoms with E-state index in [0.29, 0.717) is 0 Å². The van der Waals surface area contributed by atoms with Gasteiger partial charge >= 0.3 is 0 Å². The third kappa shape index (κ3) is 3.09. The molecule has 0 saturated heterocycles. The molecule has 0 aliphatic rings. The van der Waals surface area contributed by atoms with E-state index in [1.165, 1.54) is 33.5 Å².